The van der Waals surface area contributed by atoms with Crippen molar-refractivity contribution in [3.05, 3.63) is 36.1 Å². The number of fused-ring (bicyclic) bond motifs is 1. The molecule has 0 aliphatic heterocycles. The van der Waals surface area contributed by atoms with E-state index in [-0.39, 0.29) is 6.61 Å². The standard InChI is InChI=1S/C9H7O2/c10-6-8-5-7-3-1-2-4-9(7)11-8/h2-5,10H,6H2. The number of furan rings is 1. The monoisotopic (exact) mass is 147 g/mol. The molecule has 0 spiro atoms. The van der Waals surface area contributed by atoms with E-state index in [1.807, 2.05) is 18.2 Å². The fraction of sp³-hybridized carbons (Fsp3) is 0.111. The van der Waals surface area contributed by atoms with Gasteiger partial charge in [0.05, 0.1) is 0 Å². The van der Waals surface area contributed by atoms with Gasteiger partial charge in [-0.1, -0.05) is 6.07 Å². The molecule has 0 saturated heterocycles. The van der Waals surface area contributed by atoms with E-state index in [1.165, 1.54) is 0 Å². The zero-order chi connectivity index (χ0) is 7.68. The molecule has 0 amide bonds. The van der Waals surface area contributed by atoms with Crippen LogP contribution in [0.2, 0.25) is 0 Å². The molecule has 0 bridgehead atoms. The molecule has 2 aromatic rings. The highest BCUT2D eigenvalue weighted by molar-refractivity contribution is 5.77. The number of hydrogen-bond acceptors (Lipinski definition) is 2. The van der Waals surface area contributed by atoms with Crippen LogP contribution in [0.25, 0.3) is 11.0 Å². The van der Waals surface area contributed by atoms with Crippen molar-refractivity contribution in [1.29, 1.82) is 0 Å². The Morgan fingerprint density at radius 1 is 1.55 bits per heavy atom. The molecule has 1 aromatic heterocycles. The zero-order valence-electron chi connectivity index (χ0n) is 5.87. The second-order valence-corrected chi connectivity index (χ2v) is 2.33. The van der Waals surface area contributed by atoms with Gasteiger partial charge < -0.3 is 9.52 Å². The number of benzene rings is 1. The normalized spacial score (nSPS) is 10.6. The second kappa shape index (κ2) is 2.40. The van der Waals surface area contributed by atoms with Gasteiger partial charge in [0.25, 0.3) is 0 Å². The molecule has 1 radical (unpaired) electrons. The van der Waals surface area contributed by atoms with Gasteiger partial charge in [0.1, 0.15) is 18.0 Å². The molecule has 2 rings (SSSR count). The van der Waals surface area contributed by atoms with Crippen molar-refractivity contribution in [3.8, 4) is 0 Å². The van der Waals surface area contributed by atoms with Crippen molar-refractivity contribution >= 4 is 11.0 Å². The molecule has 0 fully saturated rings. The van der Waals surface area contributed by atoms with Crippen LogP contribution in [-0.4, -0.2) is 5.11 Å². The summed E-state index contributed by atoms with van der Waals surface area (Å²) < 4.78 is 5.25. The largest absolute Gasteiger partial charge is 0.459 e. The Morgan fingerprint density at radius 2 is 2.45 bits per heavy atom. The minimum absolute atomic E-state index is 0.0469. The molecule has 0 unspecified atom stereocenters. The summed E-state index contributed by atoms with van der Waals surface area (Å²) in [5, 5.41) is 9.72. The van der Waals surface area contributed by atoms with Crippen LogP contribution >= 0.6 is 0 Å². The van der Waals surface area contributed by atoms with Crippen LogP contribution in [0.5, 0.6) is 0 Å². The molecule has 55 valence electrons. The summed E-state index contributed by atoms with van der Waals surface area (Å²) in [4.78, 5) is 0. The SMILES string of the molecule is OCc1cc2c[c]ccc2o1. The van der Waals surface area contributed by atoms with Gasteiger partial charge in [-0.05, 0) is 24.3 Å². The van der Waals surface area contributed by atoms with Crippen molar-refractivity contribution in [1.82, 2.24) is 0 Å². The van der Waals surface area contributed by atoms with Gasteiger partial charge >= 0.3 is 0 Å². The Labute approximate surface area is 64.1 Å². The molecule has 0 aliphatic carbocycles. The summed E-state index contributed by atoms with van der Waals surface area (Å²) in [6, 6.07) is 10.2. The van der Waals surface area contributed by atoms with Crippen LogP contribution in [-0.2, 0) is 6.61 Å². The molecule has 1 heterocycles. The van der Waals surface area contributed by atoms with Gasteiger partial charge in [0.15, 0.2) is 0 Å². The maximum Gasteiger partial charge on any atom is 0.134 e. The van der Waals surface area contributed by atoms with E-state index >= 15 is 0 Å². The van der Waals surface area contributed by atoms with E-state index < -0.39 is 0 Å². The number of rotatable bonds is 1. The van der Waals surface area contributed by atoms with Gasteiger partial charge in [-0.2, -0.15) is 0 Å². The van der Waals surface area contributed by atoms with Gasteiger partial charge in [0.2, 0.25) is 0 Å². The Bertz CT molecular complexity index is 329. The van der Waals surface area contributed by atoms with E-state index in [2.05, 4.69) is 6.07 Å². The first-order chi connectivity index (χ1) is 5.40. The van der Waals surface area contributed by atoms with E-state index in [4.69, 9.17) is 9.52 Å². The first-order valence-electron chi connectivity index (χ1n) is 3.39. The van der Waals surface area contributed by atoms with Gasteiger partial charge in [-0.3, -0.25) is 0 Å². The Balaban J connectivity index is 2.69. The topological polar surface area (TPSA) is 33.4 Å². The number of aliphatic hydroxyl groups is 1. The summed E-state index contributed by atoms with van der Waals surface area (Å²) in [5.41, 5.74) is 0.799. The molecular formula is C9H7O2. The predicted octanol–water partition coefficient (Wildman–Crippen LogP) is 1.73. The van der Waals surface area contributed by atoms with E-state index in [9.17, 15) is 0 Å². The highest BCUT2D eigenvalue weighted by atomic mass is 16.4. The minimum atomic E-state index is -0.0469. The summed E-state index contributed by atoms with van der Waals surface area (Å²) in [6.07, 6.45) is 0. The van der Waals surface area contributed by atoms with Crippen LogP contribution in [0.3, 0.4) is 0 Å². The molecule has 1 N–H and O–H groups in total. The lowest BCUT2D eigenvalue weighted by Gasteiger charge is -1.83. The third-order valence-electron chi connectivity index (χ3n) is 1.57. The van der Waals surface area contributed by atoms with Gasteiger partial charge in [0, 0.05) is 5.39 Å². The minimum Gasteiger partial charge on any atom is -0.459 e. The molecule has 0 aliphatic rings. The van der Waals surface area contributed by atoms with Crippen molar-refractivity contribution in [2.24, 2.45) is 0 Å². The quantitative estimate of drug-likeness (QED) is 0.666. The van der Waals surface area contributed by atoms with Crippen LogP contribution in [0.1, 0.15) is 5.76 Å². The van der Waals surface area contributed by atoms with Crippen LogP contribution in [0.15, 0.2) is 28.7 Å². The number of hydrogen-bond donors (Lipinski definition) is 1. The fourth-order valence-corrected chi connectivity index (χ4v) is 1.06. The molecule has 11 heavy (non-hydrogen) atoms. The van der Waals surface area contributed by atoms with Crippen LogP contribution < -0.4 is 0 Å². The van der Waals surface area contributed by atoms with E-state index in [0.29, 0.717) is 5.76 Å². The summed E-state index contributed by atoms with van der Waals surface area (Å²) >= 11 is 0. The lowest BCUT2D eigenvalue weighted by atomic mass is 10.2. The molecule has 2 nitrogen and oxygen atoms in total. The van der Waals surface area contributed by atoms with Gasteiger partial charge in [-0.25, -0.2) is 0 Å². The zero-order valence-corrected chi connectivity index (χ0v) is 5.87. The van der Waals surface area contributed by atoms with Crippen LogP contribution in [0.4, 0.5) is 0 Å². The third kappa shape index (κ3) is 1.01. The Hall–Kier alpha value is -1.28. The summed E-state index contributed by atoms with van der Waals surface area (Å²) in [5.74, 6) is 0.597. The molecule has 2 heteroatoms. The maximum atomic E-state index is 8.73. The van der Waals surface area contributed by atoms with Crippen molar-refractivity contribution < 1.29 is 9.52 Å². The Kier molecular flexibility index (Phi) is 1.40. The summed E-state index contributed by atoms with van der Waals surface area (Å²) in [6.45, 7) is -0.0469. The molecule has 0 saturated carbocycles. The third-order valence-corrected chi connectivity index (χ3v) is 1.57. The Morgan fingerprint density at radius 3 is 3.18 bits per heavy atom. The molecule has 1 aromatic carbocycles. The highest BCUT2D eigenvalue weighted by Crippen LogP contribution is 2.17. The average Bonchev–Trinajstić information content (AvgIpc) is 2.46. The number of aliphatic hydroxyl groups excluding tert-OH is 1. The van der Waals surface area contributed by atoms with Gasteiger partial charge in [-0.15, -0.1) is 0 Å². The van der Waals surface area contributed by atoms with E-state index in [0.717, 1.165) is 11.0 Å². The predicted molar refractivity (Wildman–Crippen MR) is 41.0 cm³/mol. The smallest absolute Gasteiger partial charge is 0.134 e. The van der Waals surface area contributed by atoms with Crippen molar-refractivity contribution in [3.63, 3.8) is 0 Å². The summed E-state index contributed by atoms with van der Waals surface area (Å²) in [7, 11) is 0. The van der Waals surface area contributed by atoms with Crippen molar-refractivity contribution in [2.75, 3.05) is 0 Å². The fourth-order valence-electron chi connectivity index (χ4n) is 1.06. The lowest BCUT2D eigenvalue weighted by molar-refractivity contribution is 0.251. The highest BCUT2D eigenvalue weighted by Gasteiger charge is 1.99. The molecular weight excluding hydrogens is 140 g/mol. The second-order valence-electron chi connectivity index (χ2n) is 2.33. The lowest BCUT2D eigenvalue weighted by Crippen LogP contribution is -1.72. The maximum absolute atomic E-state index is 8.73. The van der Waals surface area contributed by atoms with Crippen molar-refractivity contribution in [2.45, 2.75) is 6.61 Å². The van der Waals surface area contributed by atoms with E-state index in [1.54, 1.807) is 6.07 Å². The van der Waals surface area contributed by atoms with Crippen LogP contribution in [0, 0.1) is 6.07 Å². The average molecular weight is 147 g/mol. The first-order valence-corrected chi connectivity index (χ1v) is 3.39. The molecule has 0 atom stereocenters. The first kappa shape index (κ1) is 6.43.